The van der Waals surface area contributed by atoms with Gasteiger partial charge in [-0.15, -0.1) is 11.6 Å². The van der Waals surface area contributed by atoms with Crippen molar-refractivity contribution in [3.05, 3.63) is 22.8 Å². The van der Waals surface area contributed by atoms with Crippen molar-refractivity contribution >= 4 is 23.2 Å². The van der Waals surface area contributed by atoms with Gasteiger partial charge in [-0.2, -0.15) is 0 Å². The third-order valence-electron chi connectivity index (χ3n) is 1.96. The Balaban J connectivity index is 2.54. The van der Waals surface area contributed by atoms with Crippen LogP contribution in [0.15, 0.2) is 12.1 Å². The van der Waals surface area contributed by atoms with Crippen molar-refractivity contribution in [1.29, 1.82) is 0 Å². The first-order valence-electron chi connectivity index (χ1n) is 4.97. The summed E-state index contributed by atoms with van der Waals surface area (Å²) in [5, 5.41) is 0.584. The van der Waals surface area contributed by atoms with E-state index in [1.165, 1.54) is 0 Å². The first-order chi connectivity index (χ1) is 7.13. The number of halogens is 2. The molecule has 0 radical (unpaired) electrons. The lowest BCUT2D eigenvalue weighted by molar-refractivity contribution is 0.279. The van der Waals surface area contributed by atoms with Crippen molar-refractivity contribution in [3.8, 4) is 5.88 Å². The van der Waals surface area contributed by atoms with Crippen LogP contribution in [-0.4, -0.2) is 11.6 Å². The molecule has 0 spiro atoms. The van der Waals surface area contributed by atoms with Crippen LogP contribution >= 0.6 is 23.2 Å². The summed E-state index contributed by atoms with van der Waals surface area (Å²) in [6.45, 7) is 4.99. The molecule has 4 heteroatoms. The van der Waals surface area contributed by atoms with Crippen LogP contribution in [0.2, 0.25) is 5.02 Å². The summed E-state index contributed by atoms with van der Waals surface area (Å²) in [5.74, 6) is 1.53. The zero-order valence-electron chi connectivity index (χ0n) is 8.96. The van der Waals surface area contributed by atoms with Gasteiger partial charge in [-0.05, 0) is 18.4 Å². The van der Waals surface area contributed by atoms with Crippen LogP contribution in [0.3, 0.4) is 0 Å². The lowest BCUT2D eigenvalue weighted by Gasteiger charge is -2.08. The average Bonchev–Trinajstić information content (AvgIpc) is 2.20. The Morgan fingerprint density at radius 1 is 1.40 bits per heavy atom. The van der Waals surface area contributed by atoms with Crippen LogP contribution in [-0.2, 0) is 5.88 Å². The van der Waals surface area contributed by atoms with Crippen LogP contribution in [0.1, 0.15) is 26.0 Å². The van der Waals surface area contributed by atoms with E-state index in [1.54, 1.807) is 12.1 Å². The molecule has 0 amide bonds. The molecule has 0 unspecified atom stereocenters. The second-order valence-electron chi connectivity index (χ2n) is 3.74. The molecule has 0 fully saturated rings. The van der Waals surface area contributed by atoms with Crippen molar-refractivity contribution in [2.24, 2.45) is 5.92 Å². The minimum Gasteiger partial charge on any atom is -0.478 e. The van der Waals surface area contributed by atoms with Crippen LogP contribution in [0, 0.1) is 5.92 Å². The largest absolute Gasteiger partial charge is 0.478 e. The van der Waals surface area contributed by atoms with Crippen molar-refractivity contribution in [2.45, 2.75) is 26.1 Å². The van der Waals surface area contributed by atoms with Gasteiger partial charge in [-0.3, -0.25) is 0 Å². The van der Waals surface area contributed by atoms with Crippen molar-refractivity contribution in [1.82, 2.24) is 4.98 Å². The van der Waals surface area contributed by atoms with E-state index in [4.69, 9.17) is 27.9 Å². The van der Waals surface area contributed by atoms with E-state index in [0.29, 0.717) is 35.0 Å². The monoisotopic (exact) mass is 247 g/mol. The predicted octanol–water partition coefficient (Wildman–Crippen LogP) is 3.90. The normalized spacial score (nSPS) is 10.7. The summed E-state index contributed by atoms with van der Waals surface area (Å²) in [5.41, 5.74) is 0.667. The van der Waals surface area contributed by atoms with Gasteiger partial charge in [0, 0.05) is 6.07 Å². The van der Waals surface area contributed by atoms with Crippen molar-refractivity contribution < 1.29 is 4.74 Å². The summed E-state index contributed by atoms with van der Waals surface area (Å²) in [4.78, 5) is 4.20. The van der Waals surface area contributed by atoms with Gasteiger partial charge in [0.1, 0.15) is 0 Å². The first kappa shape index (κ1) is 12.6. The number of hydrogen-bond acceptors (Lipinski definition) is 2. The summed E-state index contributed by atoms with van der Waals surface area (Å²) in [6.07, 6.45) is 1.01. The van der Waals surface area contributed by atoms with Gasteiger partial charge in [0.25, 0.3) is 0 Å². The number of hydrogen-bond donors (Lipinski definition) is 0. The highest BCUT2D eigenvalue weighted by molar-refractivity contribution is 6.32. The molecule has 1 aromatic rings. The summed E-state index contributed by atoms with van der Waals surface area (Å²) < 4.78 is 5.49. The molecule has 0 N–H and O–H groups in total. The highest BCUT2D eigenvalue weighted by Gasteiger charge is 2.03. The van der Waals surface area contributed by atoms with E-state index < -0.39 is 0 Å². The van der Waals surface area contributed by atoms with Gasteiger partial charge in [0.15, 0.2) is 0 Å². The van der Waals surface area contributed by atoms with Crippen LogP contribution in [0.4, 0.5) is 0 Å². The van der Waals surface area contributed by atoms with Gasteiger partial charge in [-0.25, -0.2) is 4.98 Å². The van der Waals surface area contributed by atoms with Gasteiger partial charge in [0.2, 0.25) is 5.88 Å². The van der Waals surface area contributed by atoms with Crippen LogP contribution in [0.5, 0.6) is 5.88 Å². The number of rotatable bonds is 5. The summed E-state index contributed by atoms with van der Waals surface area (Å²) >= 11 is 11.6. The first-order valence-corrected chi connectivity index (χ1v) is 5.89. The second-order valence-corrected chi connectivity index (χ2v) is 4.42. The quantitative estimate of drug-likeness (QED) is 0.737. The molecular weight excluding hydrogens is 233 g/mol. The second kappa shape index (κ2) is 6.19. The highest BCUT2D eigenvalue weighted by Crippen LogP contribution is 2.19. The maximum atomic E-state index is 5.88. The lowest BCUT2D eigenvalue weighted by atomic mass is 10.1. The fraction of sp³-hybridized carbons (Fsp3) is 0.545. The number of pyridine rings is 1. The van der Waals surface area contributed by atoms with Crippen LogP contribution in [0.25, 0.3) is 0 Å². The van der Waals surface area contributed by atoms with Crippen molar-refractivity contribution in [3.63, 3.8) is 0 Å². The Hall–Kier alpha value is -0.470. The van der Waals surface area contributed by atoms with E-state index in [0.717, 1.165) is 6.42 Å². The van der Waals surface area contributed by atoms with Gasteiger partial charge in [-0.1, -0.05) is 25.4 Å². The Bertz CT molecular complexity index is 315. The van der Waals surface area contributed by atoms with E-state index in [2.05, 4.69) is 18.8 Å². The topological polar surface area (TPSA) is 22.1 Å². The van der Waals surface area contributed by atoms with Gasteiger partial charge >= 0.3 is 0 Å². The van der Waals surface area contributed by atoms with E-state index >= 15 is 0 Å². The molecule has 0 aliphatic rings. The van der Waals surface area contributed by atoms with Crippen LogP contribution < -0.4 is 4.74 Å². The standard InChI is InChI=1S/C11H15Cl2NO/c1-8(2)5-6-15-11-4-3-9(13)10(7-12)14-11/h3-4,8H,5-7H2,1-2H3. The van der Waals surface area contributed by atoms with Crippen molar-refractivity contribution in [2.75, 3.05) is 6.61 Å². The zero-order valence-corrected chi connectivity index (χ0v) is 10.5. The number of aromatic nitrogens is 1. The molecule has 1 aromatic heterocycles. The fourth-order valence-electron chi connectivity index (χ4n) is 1.04. The Morgan fingerprint density at radius 3 is 2.73 bits per heavy atom. The molecule has 84 valence electrons. The summed E-state index contributed by atoms with van der Waals surface area (Å²) in [7, 11) is 0. The molecule has 1 heterocycles. The Kier molecular flexibility index (Phi) is 5.20. The third kappa shape index (κ3) is 4.27. The Labute approximate surface area is 101 Å². The van der Waals surface area contributed by atoms with E-state index in [1.807, 2.05) is 0 Å². The maximum absolute atomic E-state index is 5.88. The molecule has 0 saturated heterocycles. The molecule has 0 saturated carbocycles. The molecule has 15 heavy (non-hydrogen) atoms. The van der Waals surface area contributed by atoms with Gasteiger partial charge in [0.05, 0.1) is 23.2 Å². The highest BCUT2D eigenvalue weighted by atomic mass is 35.5. The SMILES string of the molecule is CC(C)CCOc1ccc(Cl)c(CCl)n1. The number of ether oxygens (including phenoxy) is 1. The predicted molar refractivity (Wildman–Crippen MR) is 63.8 cm³/mol. The average molecular weight is 248 g/mol. The molecule has 1 rings (SSSR count). The van der Waals surface area contributed by atoms with E-state index in [9.17, 15) is 0 Å². The number of nitrogens with zero attached hydrogens (tertiary/aromatic N) is 1. The van der Waals surface area contributed by atoms with Gasteiger partial charge < -0.3 is 4.74 Å². The molecule has 2 nitrogen and oxygen atoms in total. The minimum atomic E-state index is 0.306. The molecule has 0 bridgehead atoms. The molecule has 0 atom stereocenters. The maximum Gasteiger partial charge on any atom is 0.213 e. The molecule has 0 aromatic carbocycles. The molecule has 0 aliphatic heterocycles. The zero-order chi connectivity index (χ0) is 11.3. The smallest absolute Gasteiger partial charge is 0.213 e. The molecule has 0 aliphatic carbocycles. The fourth-order valence-corrected chi connectivity index (χ4v) is 1.48. The van der Waals surface area contributed by atoms with E-state index in [-0.39, 0.29) is 0 Å². The number of alkyl halides is 1. The lowest BCUT2D eigenvalue weighted by Crippen LogP contribution is -2.03. The molecular formula is C11H15Cl2NO. The minimum absolute atomic E-state index is 0.306. The third-order valence-corrected chi connectivity index (χ3v) is 2.56. The Morgan fingerprint density at radius 2 is 2.13 bits per heavy atom. The summed E-state index contributed by atoms with van der Waals surface area (Å²) in [6, 6.07) is 3.52.